The van der Waals surface area contributed by atoms with Gasteiger partial charge in [-0.1, -0.05) is 0 Å². The molecule has 2 saturated heterocycles. The summed E-state index contributed by atoms with van der Waals surface area (Å²) in [6.07, 6.45) is 4.28. The van der Waals surface area contributed by atoms with E-state index in [9.17, 15) is 4.79 Å². The van der Waals surface area contributed by atoms with Crippen LogP contribution in [0.2, 0.25) is 0 Å². The van der Waals surface area contributed by atoms with Crippen molar-refractivity contribution < 1.29 is 9.53 Å². The second-order valence-electron chi connectivity index (χ2n) is 7.38. The summed E-state index contributed by atoms with van der Waals surface area (Å²) in [5.41, 5.74) is 5.42. The van der Waals surface area contributed by atoms with Gasteiger partial charge in [0.15, 0.2) is 11.5 Å². The summed E-state index contributed by atoms with van der Waals surface area (Å²) in [6, 6.07) is 3.49. The van der Waals surface area contributed by atoms with Crippen LogP contribution >= 0.6 is 0 Å². The first-order chi connectivity index (χ1) is 12.0. The van der Waals surface area contributed by atoms with Gasteiger partial charge in [0.1, 0.15) is 0 Å². The maximum Gasteiger partial charge on any atom is 0.269 e. The van der Waals surface area contributed by atoms with Gasteiger partial charge in [-0.25, -0.2) is 0 Å². The lowest BCUT2D eigenvalue weighted by molar-refractivity contribution is -0.0690. The van der Waals surface area contributed by atoms with Gasteiger partial charge in [-0.3, -0.25) is 9.69 Å². The molecule has 0 radical (unpaired) electrons. The molecule has 7 nitrogen and oxygen atoms in total. The molecule has 0 saturated carbocycles. The predicted molar refractivity (Wildman–Crippen MR) is 96.6 cm³/mol. The summed E-state index contributed by atoms with van der Waals surface area (Å²) in [6.45, 7) is 9.56. The number of primary amides is 1. The Morgan fingerprint density at radius 3 is 2.44 bits per heavy atom. The van der Waals surface area contributed by atoms with Crippen molar-refractivity contribution in [3.05, 3.63) is 17.8 Å². The number of rotatable bonds is 5. The van der Waals surface area contributed by atoms with Crippen LogP contribution in [-0.4, -0.2) is 65.9 Å². The van der Waals surface area contributed by atoms with Gasteiger partial charge in [0.05, 0.1) is 12.2 Å². The Hall–Kier alpha value is -1.73. The molecule has 1 aromatic rings. The van der Waals surface area contributed by atoms with Crippen molar-refractivity contribution >= 4 is 11.7 Å². The Labute approximate surface area is 149 Å². The summed E-state index contributed by atoms with van der Waals surface area (Å²) in [5.74, 6) is 1.06. The Morgan fingerprint density at radius 2 is 1.88 bits per heavy atom. The summed E-state index contributed by atoms with van der Waals surface area (Å²) in [4.78, 5) is 15.9. The first-order valence-corrected chi connectivity index (χ1v) is 9.27. The highest BCUT2D eigenvalue weighted by Crippen LogP contribution is 2.24. The number of aromatic nitrogens is 2. The zero-order valence-electron chi connectivity index (χ0n) is 15.2. The topological polar surface area (TPSA) is 84.6 Å². The van der Waals surface area contributed by atoms with Crippen LogP contribution in [0.5, 0.6) is 0 Å². The van der Waals surface area contributed by atoms with Gasteiger partial charge in [-0.15, -0.1) is 10.2 Å². The van der Waals surface area contributed by atoms with Crippen LogP contribution in [0.1, 0.15) is 43.6 Å². The minimum absolute atomic E-state index is 0.215. The van der Waals surface area contributed by atoms with E-state index in [0.29, 0.717) is 12.2 Å². The Morgan fingerprint density at radius 1 is 1.20 bits per heavy atom. The number of hydrogen-bond donors (Lipinski definition) is 1. The second kappa shape index (κ2) is 8.10. The number of carbonyl (C=O) groups excluding carboxylic acids is 1. The predicted octanol–water partition coefficient (Wildman–Crippen LogP) is 1.29. The van der Waals surface area contributed by atoms with Crippen molar-refractivity contribution in [3.63, 3.8) is 0 Å². The number of nitrogens with zero attached hydrogens (tertiary/aromatic N) is 4. The maximum absolute atomic E-state index is 11.1. The molecule has 3 heterocycles. The molecule has 2 aliphatic heterocycles. The van der Waals surface area contributed by atoms with Crippen molar-refractivity contribution in [1.29, 1.82) is 0 Å². The zero-order chi connectivity index (χ0) is 17.8. The minimum atomic E-state index is -0.537. The molecular formula is C18H29N5O2. The molecule has 1 amide bonds. The molecule has 2 unspecified atom stereocenters. The standard InChI is InChI=1S/C18H29N5O2/c1-13-11-22(12-14(2)25-13)8-5-15-6-9-23(10-7-15)17-4-3-16(18(19)24)20-21-17/h3-4,13-15H,5-12H2,1-2H3,(H2,19,24). The number of ether oxygens (including phenoxy) is 1. The van der Waals surface area contributed by atoms with Crippen molar-refractivity contribution in [1.82, 2.24) is 15.1 Å². The largest absolute Gasteiger partial charge is 0.373 e. The SMILES string of the molecule is CC1CN(CCC2CCN(c3ccc(C(N)=O)nn3)CC2)CC(C)O1. The van der Waals surface area contributed by atoms with Gasteiger partial charge in [-0.2, -0.15) is 0 Å². The van der Waals surface area contributed by atoms with Crippen molar-refractivity contribution in [3.8, 4) is 0 Å². The third-order valence-corrected chi connectivity index (χ3v) is 5.19. The monoisotopic (exact) mass is 347 g/mol. The molecule has 0 aliphatic carbocycles. The molecule has 0 bridgehead atoms. The Balaban J connectivity index is 1.43. The summed E-state index contributed by atoms with van der Waals surface area (Å²) < 4.78 is 5.80. The molecule has 25 heavy (non-hydrogen) atoms. The molecule has 1 aromatic heterocycles. The van der Waals surface area contributed by atoms with Crippen molar-refractivity contribution in [2.24, 2.45) is 11.7 Å². The molecule has 0 aromatic carbocycles. The van der Waals surface area contributed by atoms with Gasteiger partial charge in [-0.05, 0) is 57.7 Å². The molecule has 2 aliphatic rings. The normalized spacial score (nSPS) is 25.9. The molecule has 2 atom stereocenters. The van der Waals surface area contributed by atoms with E-state index in [0.717, 1.165) is 44.5 Å². The highest BCUT2D eigenvalue weighted by molar-refractivity contribution is 5.90. The van der Waals surface area contributed by atoms with Crippen LogP contribution in [0.25, 0.3) is 0 Å². The van der Waals surface area contributed by atoms with Gasteiger partial charge in [0.25, 0.3) is 5.91 Å². The molecule has 3 rings (SSSR count). The van der Waals surface area contributed by atoms with Crippen LogP contribution in [0.4, 0.5) is 5.82 Å². The number of piperidine rings is 1. The molecule has 0 spiro atoms. The third-order valence-electron chi connectivity index (χ3n) is 5.19. The van der Waals surface area contributed by atoms with Gasteiger partial charge in [0.2, 0.25) is 0 Å². The van der Waals surface area contributed by atoms with E-state index in [-0.39, 0.29) is 5.69 Å². The fourth-order valence-corrected chi connectivity index (χ4v) is 3.91. The number of carbonyl (C=O) groups is 1. The van der Waals surface area contributed by atoms with E-state index >= 15 is 0 Å². The van der Waals surface area contributed by atoms with Crippen LogP contribution in [0.15, 0.2) is 12.1 Å². The van der Waals surface area contributed by atoms with Gasteiger partial charge in [0, 0.05) is 26.2 Å². The van der Waals surface area contributed by atoms with Crippen LogP contribution < -0.4 is 10.6 Å². The van der Waals surface area contributed by atoms with Gasteiger partial charge >= 0.3 is 0 Å². The molecule has 2 fully saturated rings. The quantitative estimate of drug-likeness (QED) is 0.864. The first-order valence-electron chi connectivity index (χ1n) is 9.27. The maximum atomic E-state index is 11.1. The number of morpholine rings is 1. The van der Waals surface area contributed by atoms with E-state index in [1.54, 1.807) is 6.07 Å². The lowest BCUT2D eigenvalue weighted by Gasteiger charge is -2.37. The first kappa shape index (κ1) is 18.1. The number of hydrogen-bond acceptors (Lipinski definition) is 6. The van der Waals surface area contributed by atoms with Gasteiger partial charge < -0.3 is 15.4 Å². The Kier molecular flexibility index (Phi) is 5.86. The fourth-order valence-electron chi connectivity index (χ4n) is 3.91. The molecule has 2 N–H and O–H groups in total. The van der Waals surface area contributed by atoms with E-state index in [4.69, 9.17) is 10.5 Å². The molecule has 7 heteroatoms. The van der Waals surface area contributed by atoms with Crippen molar-refractivity contribution in [2.45, 2.75) is 45.3 Å². The summed E-state index contributed by atoms with van der Waals surface area (Å²) in [7, 11) is 0. The average Bonchev–Trinajstić information content (AvgIpc) is 2.60. The summed E-state index contributed by atoms with van der Waals surface area (Å²) in [5, 5.41) is 8.04. The smallest absolute Gasteiger partial charge is 0.269 e. The minimum Gasteiger partial charge on any atom is -0.373 e. The average molecular weight is 347 g/mol. The van der Waals surface area contributed by atoms with E-state index in [2.05, 4.69) is 33.8 Å². The second-order valence-corrected chi connectivity index (χ2v) is 7.38. The highest BCUT2D eigenvalue weighted by Gasteiger charge is 2.25. The van der Waals surface area contributed by atoms with E-state index < -0.39 is 5.91 Å². The van der Waals surface area contributed by atoms with Crippen LogP contribution in [0.3, 0.4) is 0 Å². The van der Waals surface area contributed by atoms with Crippen LogP contribution in [-0.2, 0) is 4.74 Å². The van der Waals surface area contributed by atoms with E-state index in [1.807, 2.05) is 6.07 Å². The van der Waals surface area contributed by atoms with E-state index in [1.165, 1.54) is 19.3 Å². The number of amides is 1. The lowest BCUT2D eigenvalue weighted by atomic mass is 9.93. The van der Waals surface area contributed by atoms with Crippen LogP contribution in [0, 0.1) is 5.92 Å². The third kappa shape index (κ3) is 4.89. The molecular weight excluding hydrogens is 318 g/mol. The van der Waals surface area contributed by atoms with Crippen molar-refractivity contribution in [2.75, 3.05) is 37.6 Å². The number of nitrogens with two attached hydrogens (primary N) is 1. The summed E-state index contributed by atoms with van der Waals surface area (Å²) >= 11 is 0. The Bertz CT molecular complexity index is 561. The lowest BCUT2D eigenvalue weighted by Crippen LogP contribution is -2.46. The number of anilines is 1. The highest BCUT2D eigenvalue weighted by atomic mass is 16.5. The fraction of sp³-hybridized carbons (Fsp3) is 0.722. The molecule has 138 valence electrons. The zero-order valence-corrected chi connectivity index (χ0v) is 15.2.